The number of aromatic hydroxyl groups is 1. The van der Waals surface area contributed by atoms with Crippen LogP contribution in [0.15, 0.2) is 65.6 Å². The van der Waals surface area contributed by atoms with E-state index in [1.165, 1.54) is 0 Å². The Balaban J connectivity index is 1.88. The molecule has 0 saturated carbocycles. The summed E-state index contributed by atoms with van der Waals surface area (Å²) in [5.41, 5.74) is 1.45. The summed E-state index contributed by atoms with van der Waals surface area (Å²) in [4.78, 5) is 13.7. The summed E-state index contributed by atoms with van der Waals surface area (Å²) in [5, 5.41) is 23.9. The molecule has 3 N–H and O–H groups in total. The van der Waals surface area contributed by atoms with Crippen LogP contribution in [0.1, 0.15) is 25.0 Å². The van der Waals surface area contributed by atoms with E-state index >= 15 is 0 Å². The number of hydrogen-bond donors (Lipinski definition) is 3. The lowest BCUT2D eigenvalue weighted by Crippen LogP contribution is -2.22. The van der Waals surface area contributed by atoms with Crippen molar-refractivity contribution in [1.82, 2.24) is 0 Å². The van der Waals surface area contributed by atoms with E-state index in [9.17, 15) is 15.0 Å². The smallest absolute Gasteiger partial charge is 0.412 e. The molecule has 3 aromatic carbocycles. The van der Waals surface area contributed by atoms with Crippen molar-refractivity contribution in [2.75, 3.05) is 18.2 Å². The average molecular weight is 412 g/mol. The number of anilines is 1. The molecule has 0 fully saturated rings. The van der Waals surface area contributed by atoms with E-state index in [1.807, 2.05) is 61.7 Å². The van der Waals surface area contributed by atoms with Gasteiger partial charge in [-0.2, -0.15) is 0 Å². The summed E-state index contributed by atoms with van der Waals surface area (Å²) in [5.74, 6) is 0.0637. The number of phenols is 1. The number of rotatable bonds is 7. The number of carbonyl (C=O) groups excluding carboxylic acids is 1. The van der Waals surface area contributed by atoms with Crippen molar-refractivity contribution in [2.24, 2.45) is 5.92 Å². The Morgan fingerprint density at radius 1 is 1.07 bits per heavy atom. The highest BCUT2D eigenvalue weighted by molar-refractivity contribution is 7.98. The van der Waals surface area contributed by atoms with E-state index in [2.05, 4.69) is 5.32 Å². The van der Waals surface area contributed by atoms with Crippen molar-refractivity contribution in [2.45, 2.75) is 24.3 Å². The van der Waals surface area contributed by atoms with Crippen LogP contribution in [0, 0.1) is 5.92 Å². The molecule has 3 aromatic rings. The number of carbonyl (C=O) groups is 1. The zero-order valence-corrected chi connectivity index (χ0v) is 17.3. The summed E-state index contributed by atoms with van der Waals surface area (Å²) in [6.45, 7) is 1.93. The predicted octanol–water partition coefficient (Wildman–Crippen LogP) is 5.58. The monoisotopic (exact) mass is 411 g/mol. The Morgan fingerprint density at radius 2 is 1.76 bits per heavy atom. The van der Waals surface area contributed by atoms with Gasteiger partial charge >= 0.3 is 6.09 Å². The fourth-order valence-electron chi connectivity index (χ4n) is 3.33. The van der Waals surface area contributed by atoms with Gasteiger partial charge in [0.1, 0.15) is 11.9 Å². The second-order valence-corrected chi connectivity index (χ2v) is 7.77. The van der Waals surface area contributed by atoms with E-state index < -0.39 is 12.2 Å². The molecule has 0 bridgehead atoms. The van der Waals surface area contributed by atoms with Crippen LogP contribution in [0.25, 0.3) is 10.8 Å². The van der Waals surface area contributed by atoms with Crippen LogP contribution >= 0.6 is 11.8 Å². The lowest BCUT2D eigenvalue weighted by Gasteiger charge is -2.25. The van der Waals surface area contributed by atoms with Gasteiger partial charge in [-0.15, -0.1) is 11.8 Å². The SMILES string of the molecule is CSc1ccc(NC(=O)O[C@@H](c2ccc(O)c3ccccc23)[C@H](C)CCO)cc1. The van der Waals surface area contributed by atoms with E-state index in [-0.39, 0.29) is 18.3 Å². The average Bonchev–Trinajstić information content (AvgIpc) is 2.73. The van der Waals surface area contributed by atoms with Crippen LogP contribution in [0.2, 0.25) is 0 Å². The zero-order valence-electron chi connectivity index (χ0n) is 16.5. The van der Waals surface area contributed by atoms with Gasteiger partial charge in [0.2, 0.25) is 0 Å². The van der Waals surface area contributed by atoms with Gasteiger partial charge < -0.3 is 14.9 Å². The summed E-state index contributed by atoms with van der Waals surface area (Å²) < 4.78 is 5.81. The van der Waals surface area contributed by atoms with Crippen LogP contribution < -0.4 is 5.32 Å². The molecule has 0 saturated heterocycles. The van der Waals surface area contributed by atoms with Gasteiger partial charge in [-0.3, -0.25) is 5.32 Å². The second-order valence-electron chi connectivity index (χ2n) is 6.89. The van der Waals surface area contributed by atoms with Crippen molar-refractivity contribution >= 4 is 34.3 Å². The summed E-state index contributed by atoms with van der Waals surface area (Å²) >= 11 is 1.63. The Hall–Kier alpha value is -2.70. The topological polar surface area (TPSA) is 78.8 Å². The third kappa shape index (κ3) is 5.02. The van der Waals surface area contributed by atoms with Gasteiger partial charge in [0.25, 0.3) is 0 Å². The lowest BCUT2D eigenvalue weighted by molar-refractivity contribution is 0.0676. The van der Waals surface area contributed by atoms with Gasteiger partial charge in [-0.05, 0) is 54.3 Å². The van der Waals surface area contributed by atoms with Crippen molar-refractivity contribution < 1.29 is 19.7 Å². The summed E-state index contributed by atoms with van der Waals surface area (Å²) in [6.07, 6.45) is 1.34. The lowest BCUT2D eigenvalue weighted by atomic mass is 9.91. The van der Waals surface area contributed by atoms with Crippen LogP contribution in [-0.4, -0.2) is 29.2 Å². The Labute approximate surface area is 174 Å². The number of aliphatic hydroxyl groups is 1. The normalized spacial score (nSPS) is 13.1. The minimum atomic E-state index is -0.571. The second kappa shape index (κ2) is 9.67. The fraction of sp³-hybridized carbons (Fsp3) is 0.261. The Morgan fingerprint density at radius 3 is 2.41 bits per heavy atom. The number of hydrogen-bond acceptors (Lipinski definition) is 5. The molecular formula is C23H25NO4S. The molecule has 29 heavy (non-hydrogen) atoms. The Bertz CT molecular complexity index is 974. The first-order chi connectivity index (χ1) is 14.0. The van der Waals surface area contributed by atoms with Gasteiger partial charge in [0, 0.05) is 28.1 Å². The highest BCUT2D eigenvalue weighted by Gasteiger charge is 2.26. The number of benzene rings is 3. The molecule has 5 nitrogen and oxygen atoms in total. The van der Waals surface area contributed by atoms with E-state index in [0.29, 0.717) is 17.5 Å². The third-order valence-electron chi connectivity index (χ3n) is 4.91. The minimum absolute atomic E-state index is 0.00515. The summed E-state index contributed by atoms with van der Waals surface area (Å²) in [6, 6.07) is 18.4. The molecule has 2 atom stereocenters. The first kappa shape index (κ1) is 21.0. The van der Waals surface area contributed by atoms with Crippen molar-refractivity contribution in [3.05, 3.63) is 66.2 Å². The highest BCUT2D eigenvalue weighted by atomic mass is 32.2. The maximum absolute atomic E-state index is 12.6. The quantitative estimate of drug-likeness (QED) is 0.443. The van der Waals surface area contributed by atoms with Crippen LogP contribution in [-0.2, 0) is 4.74 Å². The number of ether oxygens (including phenoxy) is 1. The molecule has 6 heteroatoms. The molecule has 3 rings (SSSR count). The number of aliphatic hydroxyl groups excluding tert-OH is 1. The number of nitrogens with one attached hydrogen (secondary N) is 1. The molecular weight excluding hydrogens is 386 g/mol. The third-order valence-corrected chi connectivity index (χ3v) is 5.66. The van der Waals surface area contributed by atoms with Crippen LogP contribution in [0.3, 0.4) is 0 Å². The predicted molar refractivity (Wildman–Crippen MR) is 118 cm³/mol. The highest BCUT2D eigenvalue weighted by Crippen LogP contribution is 2.37. The fourth-order valence-corrected chi connectivity index (χ4v) is 3.74. The first-order valence-electron chi connectivity index (χ1n) is 9.46. The number of thioether (sulfide) groups is 1. The van der Waals surface area contributed by atoms with Gasteiger partial charge in [-0.25, -0.2) is 4.79 Å². The minimum Gasteiger partial charge on any atom is -0.507 e. The summed E-state index contributed by atoms with van der Waals surface area (Å²) in [7, 11) is 0. The molecule has 152 valence electrons. The number of phenolic OH excluding ortho intramolecular Hbond substituents is 1. The molecule has 1 amide bonds. The number of fused-ring (bicyclic) bond motifs is 1. The molecule has 0 aliphatic rings. The van der Waals surface area contributed by atoms with Gasteiger partial charge in [0.15, 0.2) is 0 Å². The van der Waals surface area contributed by atoms with E-state index in [1.54, 1.807) is 23.9 Å². The van der Waals surface area contributed by atoms with Gasteiger partial charge in [-0.1, -0.05) is 37.3 Å². The largest absolute Gasteiger partial charge is 0.507 e. The molecule has 0 aromatic heterocycles. The zero-order chi connectivity index (χ0) is 20.8. The molecule has 0 heterocycles. The molecule has 0 radical (unpaired) electrons. The van der Waals surface area contributed by atoms with Crippen molar-refractivity contribution in [3.63, 3.8) is 0 Å². The van der Waals surface area contributed by atoms with Crippen LogP contribution in [0.4, 0.5) is 10.5 Å². The standard InChI is InChI=1S/C23H25NO4S/c1-15(13-14-25)22(20-11-12-21(26)19-6-4-3-5-18(19)20)28-23(27)24-16-7-9-17(29-2)10-8-16/h3-12,15,22,25-26H,13-14H2,1-2H3,(H,24,27)/t15-,22-/m1/s1. The van der Waals surface area contributed by atoms with E-state index in [4.69, 9.17) is 4.74 Å². The maximum atomic E-state index is 12.6. The first-order valence-corrected chi connectivity index (χ1v) is 10.7. The van der Waals surface area contributed by atoms with Crippen molar-refractivity contribution in [1.29, 1.82) is 0 Å². The maximum Gasteiger partial charge on any atom is 0.412 e. The molecule has 0 unspecified atom stereocenters. The number of amides is 1. The Kier molecular flexibility index (Phi) is 7.01. The molecule has 0 spiro atoms. The van der Waals surface area contributed by atoms with Gasteiger partial charge in [0.05, 0.1) is 0 Å². The van der Waals surface area contributed by atoms with Crippen LogP contribution in [0.5, 0.6) is 5.75 Å². The molecule has 0 aliphatic carbocycles. The molecule has 0 aliphatic heterocycles. The van der Waals surface area contributed by atoms with Crippen molar-refractivity contribution in [3.8, 4) is 5.75 Å². The van der Waals surface area contributed by atoms with E-state index in [0.717, 1.165) is 15.8 Å².